The molecule has 0 rings (SSSR count). The zero-order chi connectivity index (χ0) is 15.3. The summed E-state index contributed by atoms with van der Waals surface area (Å²) in [4.78, 5) is 11.7. The lowest BCUT2D eigenvalue weighted by molar-refractivity contribution is -0.122. The van der Waals surface area contributed by atoms with Gasteiger partial charge < -0.3 is 5.32 Å². The third kappa shape index (κ3) is 9.90. The van der Waals surface area contributed by atoms with Gasteiger partial charge in [0.05, 0.1) is 6.26 Å². The van der Waals surface area contributed by atoms with Crippen LogP contribution in [0.3, 0.4) is 0 Å². The van der Waals surface area contributed by atoms with Crippen LogP contribution in [0.2, 0.25) is 0 Å². The highest BCUT2D eigenvalue weighted by Gasteiger charge is 2.19. The van der Waals surface area contributed by atoms with Gasteiger partial charge >= 0.3 is 0 Å². The van der Waals surface area contributed by atoms with Crippen LogP contribution in [0.1, 0.15) is 47.5 Å². The number of hydrogen-bond donors (Lipinski definition) is 1. The van der Waals surface area contributed by atoms with E-state index >= 15 is 0 Å². The third-order valence-corrected chi connectivity index (χ3v) is 3.83. The Morgan fingerprint density at radius 1 is 1.21 bits per heavy atom. The number of carbonyl (C=O) groups is 1. The van der Waals surface area contributed by atoms with Crippen molar-refractivity contribution in [3.05, 3.63) is 0 Å². The summed E-state index contributed by atoms with van der Waals surface area (Å²) in [5.74, 6) is 0.318. The molecule has 0 heterocycles. The maximum atomic E-state index is 11.7. The van der Waals surface area contributed by atoms with E-state index in [-0.39, 0.29) is 24.4 Å². The van der Waals surface area contributed by atoms with Crippen LogP contribution in [0.15, 0.2) is 0 Å². The second-order valence-electron chi connectivity index (χ2n) is 6.39. The molecule has 0 saturated heterocycles. The van der Waals surface area contributed by atoms with Crippen LogP contribution in [0, 0.1) is 5.92 Å². The number of rotatable bonds is 7. The van der Waals surface area contributed by atoms with E-state index in [4.69, 9.17) is 0 Å². The zero-order valence-corrected chi connectivity index (χ0v) is 13.8. The molecule has 0 bridgehead atoms. The molecule has 0 radical (unpaired) electrons. The first kappa shape index (κ1) is 18.4. The Morgan fingerprint density at radius 3 is 2.11 bits per heavy atom. The Kier molecular flexibility index (Phi) is 7.00. The predicted molar refractivity (Wildman–Crippen MR) is 78.4 cm³/mol. The van der Waals surface area contributed by atoms with Gasteiger partial charge in [0.25, 0.3) is 0 Å². The number of hydrogen-bond acceptors (Lipinski definition) is 3. The molecule has 1 N–H and O–H groups in total. The Labute approximate surface area is 117 Å². The van der Waals surface area contributed by atoms with Crippen molar-refractivity contribution in [2.45, 2.75) is 53.0 Å². The summed E-state index contributed by atoms with van der Waals surface area (Å²) in [5, 5.41) is 2.83. The quantitative estimate of drug-likeness (QED) is 0.775. The van der Waals surface area contributed by atoms with Crippen LogP contribution < -0.4 is 5.32 Å². The van der Waals surface area contributed by atoms with E-state index in [0.29, 0.717) is 12.5 Å². The van der Waals surface area contributed by atoms with Gasteiger partial charge in [-0.3, -0.25) is 4.79 Å². The standard InChI is InChI=1S/C13H28N2O3S/c1-11(2)7-9-15(19(6,17)18)10-8-12(16)14-13(3,4)5/h11H,7-10H2,1-6H3,(H,14,16). The van der Waals surface area contributed by atoms with E-state index in [9.17, 15) is 13.2 Å². The van der Waals surface area contributed by atoms with Gasteiger partial charge in [-0.25, -0.2) is 12.7 Å². The lowest BCUT2D eigenvalue weighted by Crippen LogP contribution is -2.42. The molecule has 0 aliphatic rings. The Morgan fingerprint density at radius 2 is 1.74 bits per heavy atom. The molecule has 0 unspecified atom stereocenters. The lowest BCUT2D eigenvalue weighted by atomic mass is 10.1. The van der Waals surface area contributed by atoms with E-state index in [1.54, 1.807) is 0 Å². The average Bonchev–Trinajstić information content (AvgIpc) is 2.11. The second-order valence-corrected chi connectivity index (χ2v) is 8.38. The summed E-state index contributed by atoms with van der Waals surface area (Å²) in [6.07, 6.45) is 2.19. The van der Waals surface area contributed by atoms with E-state index in [0.717, 1.165) is 6.42 Å². The smallest absolute Gasteiger partial charge is 0.221 e. The molecule has 0 aliphatic carbocycles. The summed E-state index contributed by atoms with van der Waals surface area (Å²) in [7, 11) is -3.25. The van der Waals surface area contributed by atoms with Crippen molar-refractivity contribution in [1.82, 2.24) is 9.62 Å². The van der Waals surface area contributed by atoms with Crippen LogP contribution in [0.5, 0.6) is 0 Å². The van der Waals surface area contributed by atoms with E-state index in [1.165, 1.54) is 10.6 Å². The zero-order valence-electron chi connectivity index (χ0n) is 13.0. The lowest BCUT2D eigenvalue weighted by Gasteiger charge is -2.23. The molecule has 0 aromatic rings. The molecule has 0 atom stereocenters. The minimum atomic E-state index is -3.25. The van der Waals surface area contributed by atoms with E-state index in [1.807, 2.05) is 34.6 Å². The largest absolute Gasteiger partial charge is 0.351 e. The Balaban J connectivity index is 4.39. The van der Waals surface area contributed by atoms with Crippen LogP contribution in [0.25, 0.3) is 0 Å². The minimum absolute atomic E-state index is 0.120. The molecule has 0 aromatic heterocycles. The topological polar surface area (TPSA) is 66.5 Å². The Hall–Kier alpha value is -0.620. The fourth-order valence-corrected chi connectivity index (χ4v) is 2.41. The van der Waals surface area contributed by atoms with Gasteiger partial charge in [-0.05, 0) is 33.1 Å². The SMILES string of the molecule is CC(C)CCN(CCC(=O)NC(C)(C)C)S(C)(=O)=O. The molecule has 0 fully saturated rings. The first-order valence-corrected chi connectivity index (χ1v) is 8.53. The molecule has 1 amide bonds. The van der Waals surface area contributed by atoms with Gasteiger partial charge in [0.15, 0.2) is 0 Å². The monoisotopic (exact) mass is 292 g/mol. The van der Waals surface area contributed by atoms with Gasteiger partial charge in [-0.2, -0.15) is 0 Å². The highest BCUT2D eigenvalue weighted by atomic mass is 32.2. The summed E-state index contributed by atoms with van der Waals surface area (Å²) in [6.45, 7) is 10.5. The van der Waals surface area contributed by atoms with E-state index in [2.05, 4.69) is 5.32 Å². The van der Waals surface area contributed by atoms with Crippen molar-refractivity contribution in [3.8, 4) is 0 Å². The van der Waals surface area contributed by atoms with Crippen molar-refractivity contribution in [1.29, 1.82) is 0 Å². The number of nitrogens with zero attached hydrogens (tertiary/aromatic N) is 1. The fourth-order valence-electron chi connectivity index (χ4n) is 1.55. The molecule has 0 aromatic carbocycles. The summed E-state index contributed by atoms with van der Waals surface area (Å²) in [6, 6.07) is 0. The van der Waals surface area contributed by atoms with Crippen LogP contribution in [-0.4, -0.2) is 43.5 Å². The van der Waals surface area contributed by atoms with Crippen molar-refractivity contribution in [2.75, 3.05) is 19.3 Å². The normalized spacial score (nSPS) is 13.1. The maximum Gasteiger partial charge on any atom is 0.221 e. The highest BCUT2D eigenvalue weighted by Crippen LogP contribution is 2.07. The number of carbonyl (C=O) groups excluding carboxylic acids is 1. The van der Waals surface area contributed by atoms with Gasteiger partial charge in [0.2, 0.25) is 15.9 Å². The van der Waals surface area contributed by atoms with Crippen molar-refractivity contribution in [2.24, 2.45) is 5.92 Å². The second kappa shape index (κ2) is 7.24. The number of nitrogens with one attached hydrogen (secondary N) is 1. The van der Waals surface area contributed by atoms with Crippen molar-refractivity contribution >= 4 is 15.9 Å². The molecule has 114 valence electrons. The van der Waals surface area contributed by atoms with Gasteiger partial charge in [-0.15, -0.1) is 0 Å². The van der Waals surface area contributed by atoms with Gasteiger partial charge in [0, 0.05) is 25.0 Å². The summed E-state index contributed by atoms with van der Waals surface area (Å²) < 4.78 is 24.7. The molecule has 0 spiro atoms. The molecule has 0 saturated carbocycles. The third-order valence-electron chi connectivity index (χ3n) is 2.53. The van der Waals surface area contributed by atoms with Crippen molar-refractivity contribution < 1.29 is 13.2 Å². The number of amides is 1. The van der Waals surface area contributed by atoms with Gasteiger partial charge in [-0.1, -0.05) is 13.8 Å². The Bertz CT molecular complexity index is 383. The fraction of sp³-hybridized carbons (Fsp3) is 0.923. The van der Waals surface area contributed by atoms with Crippen molar-refractivity contribution in [3.63, 3.8) is 0 Å². The molecule has 0 aliphatic heterocycles. The number of sulfonamides is 1. The minimum Gasteiger partial charge on any atom is -0.351 e. The summed E-state index contributed by atoms with van der Waals surface area (Å²) >= 11 is 0. The van der Waals surface area contributed by atoms with Gasteiger partial charge in [0.1, 0.15) is 0 Å². The first-order chi connectivity index (χ1) is 8.42. The molecule has 19 heavy (non-hydrogen) atoms. The highest BCUT2D eigenvalue weighted by molar-refractivity contribution is 7.88. The molecule has 6 heteroatoms. The average molecular weight is 292 g/mol. The molecule has 5 nitrogen and oxygen atoms in total. The summed E-state index contributed by atoms with van der Waals surface area (Å²) in [5.41, 5.74) is -0.287. The predicted octanol–water partition coefficient (Wildman–Crippen LogP) is 1.60. The maximum absolute atomic E-state index is 11.7. The van der Waals surface area contributed by atoms with Crippen LogP contribution >= 0.6 is 0 Å². The van der Waals surface area contributed by atoms with Crippen LogP contribution in [-0.2, 0) is 14.8 Å². The first-order valence-electron chi connectivity index (χ1n) is 6.68. The van der Waals surface area contributed by atoms with E-state index < -0.39 is 10.0 Å². The van der Waals surface area contributed by atoms with Crippen LogP contribution in [0.4, 0.5) is 0 Å². The molecular weight excluding hydrogens is 264 g/mol. The molecular formula is C13H28N2O3S.